The first kappa shape index (κ1) is 11.2. The molecule has 0 bridgehead atoms. The first-order valence-corrected chi connectivity index (χ1v) is 5.57. The van der Waals surface area contributed by atoms with E-state index >= 15 is 0 Å². The lowest BCUT2D eigenvalue weighted by molar-refractivity contribution is 0.528. The first-order valence-electron chi connectivity index (χ1n) is 5.19. The molecule has 0 radical (unpaired) electrons. The number of rotatable bonds is 3. The quantitative estimate of drug-likeness (QED) is 0.880. The molecule has 16 heavy (non-hydrogen) atoms. The molecule has 1 aromatic heterocycles. The third-order valence-electron chi connectivity index (χ3n) is 2.59. The van der Waals surface area contributed by atoms with Crippen LogP contribution in [0.1, 0.15) is 22.9 Å². The molecule has 0 saturated heterocycles. The highest BCUT2D eigenvalue weighted by atomic mass is 35.5. The third kappa shape index (κ3) is 2.13. The molecule has 0 aliphatic rings. The minimum Gasteiger partial charge on any atom is -0.469 e. The number of benzene rings is 1. The van der Waals surface area contributed by atoms with Crippen LogP contribution in [-0.4, -0.2) is 7.05 Å². The minimum atomic E-state index is 0.0751. The van der Waals surface area contributed by atoms with Gasteiger partial charge in [-0.3, -0.25) is 0 Å². The Bertz CT molecular complexity index is 478. The Balaban J connectivity index is 2.40. The lowest BCUT2D eigenvalue weighted by atomic mass is 10.0. The average molecular weight is 236 g/mol. The maximum atomic E-state index is 6.18. The van der Waals surface area contributed by atoms with Gasteiger partial charge in [0.2, 0.25) is 0 Å². The van der Waals surface area contributed by atoms with Crippen molar-refractivity contribution >= 4 is 11.6 Å². The van der Waals surface area contributed by atoms with Crippen LogP contribution in [0.15, 0.2) is 41.0 Å². The summed E-state index contributed by atoms with van der Waals surface area (Å²) in [5.74, 6) is 0.905. The van der Waals surface area contributed by atoms with Crippen LogP contribution in [0.3, 0.4) is 0 Å². The number of hydrogen-bond acceptors (Lipinski definition) is 2. The highest BCUT2D eigenvalue weighted by Crippen LogP contribution is 2.28. The number of aryl methyl sites for hydroxylation is 1. The standard InChI is InChI=1S/C13H14ClNO/c1-9-7-10(8-16-9)13(15-2)11-5-3-4-6-12(11)14/h3-8,13,15H,1-2H3. The molecule has 1 unspecified atom stereocenters. The average Bonchev–Trinajstić information content (AvgIpc) is 2.69. The van der Waals surface area contributed by atoms with Gasteiger partial charge in [0.25, 0.3) is 0 Å². The normalized spacial score (nSPS) is 12.7. The summed E-state index contributed by atoms with van der Waals surface area (Å²) >= 11 is 6.18. The van der Waals surface area contributed by atoms with Gasteiger partial charge in [-0.2, -0.15) is 0 Å². The molecule has 1 N–H and O–H groups in total. The molecule has 0 amide bonds. The maximum absolute atomic E-state index is 6.18. The second kappa shape index (κ2) is 4.73. The summed E-state index contributed by atoms with van der Waals surface area (Å²) < 4.78 is 5.33. The topological polar surface area (TPSA) is 25.2 Å². The molecule has 84 valence electrons. The van der Waals surface area contributed by atoms with E-state index in [4.69, 9.17) is 16.0 Å². The summed E-state index contributed by atoms with van der Waals surface area (Å²) in [5.41, 5.74) is 2.15. The van der Waals surface area contributed by atoms with Crippen molar-refractivity contribution in [3.05, 3.63) is 58.5 Å². The zero-order valence-electron chi connectivity index (χ0n) is 9.33. The molecule has 0 spiro atoms. The number of nitrogens with one attached hydrogen (secondary N) is 1. The van der Waals surface area contributed by atoms with Gasteiger partial charge in [0.1, 0.15) is 5.76 Å². The fourth-order valence-electron chi connectivity index (χ4n) is 1.83. The Labute approximate surface area is 100 Å². The van der Waals surface area contributed by atoms with Crippen molar-refractivity contribution in [1.29, 1.82) is 0 Å². The van der Waals surface area contributed by atoms with E-state index in [1.165, 1.54) is 0 Å². The molecule has 3 heteroatoms. The van der Waals surface area contributed by atoms with E-state index in [0.717, 1.165) is 21.9 Å². The van der Waals surface area contributed by atoms with E-state index < -0.39 is 0 Å². The number of halogens is 1. The van der Waals surface area contributed by atoms with Crippen molar-refractivity contribution in [1.82, 2.24) is 5.32 Å². The van der Waals surface area contributed by atoms with Crippen LogP contribution in [-0.2, 0) is 0 Å². The van der Waals surface area contributed by atoms with E-state index in [0.29, 0.717) is 0 Å². The van der Waals surface area contributed by atoms with E-state index in [2.05, 4.69) is 5.32 Å². The smallest absolute Gasteiger partial charge is 0.101 e. The van der Waals surface area contributed by atoms with Crippen LogP contribution >= 0.6 is 11.6 Å². The van der Waals surface area contributed by atoms with Gasteiger partial charge in [0, 0.05) is 10.6 Å². The van der Waals surface area contributed by atoms with E-state index in [1.807, 2.05) is 44.3 Å². The molecule has 1 heterocycles. The van der Waals surface area contributed by atoms with Gasteiger partial charge in [0.05, 0.1) is 12.3 Å². The zero-order valence-corrected chi connectivity index (χ0v) is 10.1. The molecule has 2 rings (SSSR count). The van der Waals surface area contributed by atoms with Gasteiger partial charge < -0.3 is 9.73 Å². The Morgan fingerprint density at radius 2 is 2.06 bits per heavy atom. The monoisotopic (exact) mass is 235 g/mol. The molecule has 2 nitrogen and oxygen atoms in total. The molecule has 0 fully saturated rings. The molecule has 0 aliphatic carbocycles. The van der Waals surface area contributed by atoms with Crippen LogP contribution < -0.4 is 5.32 Å². The largest absolute Gasteiger partial charge is 0.469 e. The van der Waals surface area contributed by atoms with Gasteiger partial charge >= 0.3 is 0 Å². The summed E-state index contributed by atoms with van der Waals surface area (Å²) in [6.07, 6.45) is 1.76. The second-order valence-electron chi connectivity index (χ2n) is 3.73. The van der Waals surface area contributed by atoms with Crippen LogP contribution in [0, 0.1) is 6.92 Å². The second-order valence-corrected chi connectivity index (χ2v) is 4.14. The fourth-order valence-corrected chi connectivity index (χ4v) is 2.07. The van der Waals surface area contributed by atoms with Crippen molar-refractivity contribution in [3.8, 4) is 0 Å². The summed E-state index contributed by atoms with van der Waals surface area (Å²) in [5, 5.41) is 4.01. The minimum absolute atomic E-state index is 0.0751. The van der Waals surface area contributed by atoms with Gasteiger partial charge in [-0.1, -0.05) is 29.8 Å². The van der Waals surface area contributed by atoms with Crippen molar-refractivity contribution in [3.63, 3.8) is 0 Å². The van der Waals surface area contributed by atoms with Crippen LogP contribution in [0.5, 0.6) is 0 Å². The molecular weight excluding hydrogens is 222 g/mol. The summed E-state index contributed by atoms with van der Waals surface area (Å²) in [6, 6.07) is 9.92. The lowest BCUT2D eigenvalue weighted by Crippen LogP contribution is -2.17. The molecule has 0 saturated carbocycles. The van der Waals surface area contributed by atoms with Crippen molar-refractivity contribution < 1.29 is 4.42 Å². The Hall–Kier alpha value is -1.25. The highest BCUT2D eigenvalue weighted by Gasteiger charge is 2.16. The molecule has 1 atom stereocenters. The summed E-state index contributed by atoms with van der Waals surface area (Å²) in [4.78, 5) is 0. The van der Waals surface area contributed by atoms with Gasteiger partial charge in [-0.25, -0.2) is 0 Å². The lowest BCUT2D eigenvalue weighted by Gasteiger charge is -2.16. The Kier molecular flexibility index (Phi) is 3.32. The van der Waals surface area contributed by atoms with Crippen LogP contribution in [0.2, 0.25) is 5.02 Å². The van der Waals surface area contributed by atoms with Gasteiger partial charge in [-0.05, 0) is 31.7 Å². The van der Waals surface area contributed by atoms with Crippen molar-refractivity contribution in [2.45, 2.75) is 13.0 Å². The predicted octanol–water partition coefficient (Wildman–Crippen LogP) is 3.55. The number of hydrogen-bond donors (Lipinski definition) is 1. The van der Waals surface area contributed by atoms with Crippen LogP contribution in [0.4, 0.5) is 0 Å². The van der Waals surface area contributed by atoms with Crippen molar-refractivity contribution in [2.24, 2.45) is 0 Å². The summed E-state index contributed by atoms with van der Waals surface area (Å²) in [6.45, 7) is 1.93. The first-order chi connectivity index (χ1) is 7.72. The summed E-state index contributed by atoms with van der Waals surface area (Å²) in [7, 11) is 1.91. The Morgan fingerprint density at radius 3 is 2.62 bits per heavy atom. The van der Waals surface area contributed by atoms with E-state index in [1.54, 1.807) is 6.26 Å². The van der Waals surface area contributed by atoms with E-state index in [-0.39, 0.29) is 6.04 Å². The van der Waals surface area contributed by atoms with Gasteiger partial charge in [0.15, 0.2) is 0 Å². The molecular formula is C13H14ClNO. The van der Waals surface area contributed by atoms with Crippen molar-refractivity contribution in [2.75, 3.05) is 7.05 Å². The third-order valence-corrected chi connectivity index (χ3v) is 2.93. The molecule has 2 aromatic rings. The maximum Gasteiger partial charge on any atom is 0.101 e. The SMILES string of the molecule is CNC(c1coc(C)c1)c1ccccc1Cl. The number of furan rings is 1. The van der Waals surface area contributed by atoms with Gasteiger partial charge in [-0.15, -0.1) is 0 Å². The van der Waals surface area contributed by atoms with E-state index in [9.17, 15) is 0 Å². The highest BCUT2D eigenvalue weighted by molar-refractivity contribution is 6.31. The van der Waals surface area contributed by atoms with Crippen LogP contribution in [0.25, 0.3) is 0 Å². The zero-order chi connectivity index (χ0) is 11.5. The Morgan fingerprint density at radius 1 is 1.31 bits per heavy atom. The molecule has 1 aromatic carbocycles. The molecule has 0 aliphatic heterocycles. The fraction of sp³-hybridized carbons (Fsp3) is 0.231. The predicted molar refractivity (Wildman–Crippen MR) is 65.8 cm³/mol.